The summed E-state index contributed by atoms with van der Waals surface area (Å²) in [6.45, 7) is 4.17. The Morgan fingerprint density at radius 1 is 1.18 bits per heavy atom. The Hall–Kier alpha value is -1.35. The molecule has 4 heteroatoms. The summed E-state index contributed by atoms with van der Waals surface area (Å²) in [4.78, 5) is 0. The Kier molecular flexibility index (Phi) is 3.79. The van der Waals surface area contributed by atoms with E-state index < -0.39 is 0 Å². The Bertz CT molecular complexity index is 485. The van der Waals surface area contributed by atoms with Gasteiger partial charge >= 0.3 is 0 Å². The summed E-state index contributed by atoms with van der Waals surface area (Å²) in [6.07, 6.45) is 3.79. The van der Waals surface area contributed by atoms with Crippen LogP contribution in [0.1, 0.15) is 23.2 Å². The smallest absolute Gasteiger partial charge is 0.0832 e. The van der Waals surface area contributed by atoms with Gasteiger partial charge in [0.1, 0.15) is 0 Å². The van der Waals surface area contributed by atoms with Crippen LogP contribution in [0.5, 0.6) is 0 Å². The number of hydrogen-bond acceptors (Lipinski definition) is 2. The van der Waals surface area contributed by atoms with Gasteiger partial charge in [0.05, 0.1) is 17.6 Å². The minimum absolute atomic E-state index is 0.663. The zero-order chi connectivity index (χ0) is 12.3. The van der Waals surface area contributed by atoms with Gasteiger partial charge < -0.3 is 0 Å². The normalized spacial score (nSPS) is 10.8. The standard InChI is InChI=1S/C13H16ClN3/c1-10-6-11(2)8-13(7-10)17-9-12(15-16-17)4-3-5-14/h6-9H,3-5H2,1-2H3. The number of alkyl halides is 1. The van der Waals surface area contributed by atoms with E-state index in [2.05, 4.69) is 42.4 Å². The molecule has 1 aromatic carbocycles. The van der Waals surface area contributed by atoms with Gasteiger partial charge in [-0.2, -0.15) is 0 Å². The Morgan fingerprint density at radius 3 is 2.53 bits per heavy atom. The van der Waals surface area contributed by atoms with E-state index in [0.29, 0.717) is 5.88 Å². The van der Waals surface area contributed by atoms with Crippen LogP contribution in [0, 0.1) is 13.8 Å². The summed E-state index contributed by atoms with van der Waals surface area (Å²) in [5.41, 5.74) is 4.52. The maximum absolute atomic E-state index is 5.66. The largest absolute Gasteiger partial charge is 0.220 e. The minimum Gasteiger partial charge on any atom is -0.220 e. The topological polar surface area (TPSA) is 30.7 Å². The molecule has 0 aliphatic rings. The third-order valence-corrected chi connectivity index (χ3v) is 2.85. The molecule has 0 radical (unpaired) electrons. The summed E-state index contributed by atoms with van der Waals surface area (Å²) in [7, 11) is 0. The van der Waals surface area contributed by atoms with E-state index in [-0.39, 0.29) is 0 Å². The van der Waals surface area contributed by atoms with E-state index in [1.165, 1.54) is 11.1 Å². The van der Waals surface area contributed by atoms with Gasteiger partial charge in [0.25, 0.3) is 0 Å². The zero-order valence-electron chi connectivity index (χ0n) is 10.2. The summed E-state index contributed by atoms with van der Waals surface area (Å²) < 4.78 is 1.82. The third-order valence-electron chi connectivity index (χ3n) is 2.58. The molecular weight excluding hydrogens is 234 g/mol. The molecule has 2 rings (SSSR count). The van der Waals surface area contributed by atoms with Gasteiger partial charge in [-0.15, -0.1) is 16.7 Å². The monoisotopic (exact) mass is 249 g/mol. The summed E-state index contributed by atoms with van der Waals surface area (Å²) in [5, 5.41) is 8.29. The number of aryl methyl sites for hydroxylation is 3. The SMILES string of the molecule is Cc1cc(C)cc(-n2cc(CCCCl)nn2)c1. The highest BCUT2D eigenvalue weighted by atomic mass is 35.5. The van der Waals surface area contributed by atoms with Crippen LogP contribution in [0.15, 0.2) is 24.4 Å². The van der Waals surface area contributed by atoms with E-state index in [1.807, 2.05) is 10.9 Å². The Balaban J connectivity index is 2.24. The van der Waals surface area contributed by atoms with Crippen LogP contribution in [0.4, 0.5) is 0 Å². The van der Waals surface area contributed by atoms with Gasteiger partial charge in [-0.1, -0.05) is 11.3 Å². The molecule has 0 aliphatic carbocycles. The number of benzene rings is 1. The van der Waals surface area contributed by atoms with Crippen LogP contribution in [-0.4, -0.2) is 20.9 Å². The molecule has 0 aliphatic heterocycles. The lowest BCUT2D eigenvalue weighted by atomic mass is 10.1. The molecule has 90 valence electrons. The van der Waals surface area contributed by atoms with Gasteiger partial charge in [-0.05, 0) is 49.9 Å². The summed E-state index contributed by atoms with van der Waals surface area (Å²) in [5.74, 6) is 0.663. The summed E-state index contributed by atoms with van der Waals surface area (Å²) >= 11 is 5.66. The molecule has 0 unspecified atom stereocenters. The molecule has 1 aromatic heterocycles. The van der Waals surface area contributed by atoms with Crippen molar-refractivity contribution in [1.82, 2.24) is 15.0 Å². The van der Waals surface area contributed by atoms with Gasteiger partial charge in [-0.25, -0.2) is 4.68 Å². The first-order valence-corrected chi connectivity index (χ1v) is 6.28. The van der Waals surface area contributed by atoms with Gasteiger partial charge in [0.15, 0.2) is 0 Å². The van der Waals surface area contributed by atoms with E-state index in [0.717, 1.165) is 24.2 Å². The highest BCUT2D eigenvalue weighted by Crippen LogP contribution is 2.13. The van der Waals surface area contributed by atoms with Gasteiger partial charge in [-0.3, -0.25) is 0 Å². The number of nitrogens with zero attached hydrogens (tertiary/aromatic N) is 3. The van der Waals surface area contributed by atoms with Crippen LogP contribution in [-0.2, 0) is 6.42 Å². The van der Waals surface area contributed by atoms with Crippen molar-refractivity contribution in [2.45, 2.75) is 26.7 Å². The molecule has 0 spiro atoms. The van der Waals surface area contributed by atoms with Crippen LogP contribution < -0.4 is 0 Å². The molecule has 0 amide bonds. The maximum atomic E-state index is 5.66. The molecule has 2 aromatic rings. The molecule has 1 heterocycles. The fraction of sp³-hybridized carbons (Fsp3) is 0.385. The number of halogens is 1. The second kappa shape index (κ2) is 5.32. The van der Waals surface area contributed by atoms with Gasteiger partial charge in [0, 0.05) is 5.88 Å². The highest BCUT2D eigenvalue weighted by molar-refractivity contribution is 6.17. The number of rotatable bonds is 4. The molecule has 0 atom stereocenters. The van der Waals surface area contributed by atoms with Crippen molar-refractivity contribution in [3.8, 4) is 5.69 Å². The highest BCUT2D eigenvalue weighted by Gasteiger charge is 2.03. The molecule has 3 nitrogen and oxygen atoms in total. The maximum Gasteiger partial charge on any atom is 0.0832 e. The molecular formula is C13H16ClN3. The van der Waals surface area contributed by atoms with E-state index in [9.17, 15) is 0 Å². The lowest BCUT2D eigenvalue weighted by Gasteiger charge is -2.03. The second-order valence-electron chi connectivity index (χ2n) is 4.29. The first-order chi connectivity index (χ1) is 8.19. The van der Waals surface area contributed by atoms with Crippen molar-refractivity contribution in [2.75, 3.05) is 5.88 Å². The van der Waals surface area contributed by atoms with Crippen molar-refractivity contribution in [3.63, 3.8) is 0 Å². The second-order valence-corrected chi connectivity index (χ2v) is 4.67. The molecule has 0 N–H and O–H groups in total. The zero-order valence-corrected chi connectivity index (χ0v) is 10.9. The van der Waals surface area contributed by atoms with Crippen LogP contribution in [0.3, 0.4) is 0 Å². The van der Waals surface area contributed by atoms with Crippen molar-refractivity contribution in [3.05, 3.63) is 41.2 Å². The first kappa shape index (κ1) is 12.1. The average molecular weight is 250 g/mol. The third kappa shape index (κ3) is 3.07. The Morgan fingerprint density at radius 2 is 1.88 bits per heavy atom. The van der Waals surface area contributed by atoms with Crippen LogP contribution >= 0.6 is 11.6 Å². The molecule has 0 fully saturated rings. The number of hydrogen-bond donors (Lipinski definition) is 0. The van der Waals surface area contributed by atoms with Gasteiger partial charge in [0.2, 0.25) is 0 Å². The molecule has 0 saturated carbocycles. The fourth-order valence-corrected chi connectivity index (χ4v) is 2.00. The summed E-state index contributed by atoms with van der Waals surface area (Å²) in [6, 6.07) is 6.36. The van der Waals surface area contributed by atoms with Crippen LogP contribution in [0.25, 0.3) is 5.69 Å². The predicted molar refractivity (Wildman–Crippen MR) is 69.9 cm³/mol. The molecule has 0 bridgehead atoms. The molecule has 17 heavy (non-hydrogen) atoms. The number of aromatic nitrogens is 3. The molecule has 0 saturated heterocycles. The van der Waals surface area contributed by atoms with E-state index in [1.54, 1.807) is 0 Å². The van der Waals surface area contributed by atoms with E-state index >= 15 is 0 Å². The predicted octanol–water partition coefficient (Wildman–Crippen LogP) is 3.06. The van der Waals surface area contributed by atoms with Crippen molar-refractivity contribution in [2.24, 2.45) is 0 Å². The minimum atomic E-state index is 0.663. The van der Waals surface area contributed by atoms with E-state index in [4.69, 9.17) is 11.6 Å². The Labute approximate surface area is 106 Å². The first-order valence-electron chi connectivity index (χ1n) is 5.75. The lowest BCUT2D eigenvalue weighted by Crippen LogP contribution is -1.96. The quantitative estimate of drug-likeness (QED) is 0.780. The van der Waals surface area contributed by atoms with Crippen LogP contribution in [0.2, 0.25) is 0 Å². The lowest BCUT2D eigenvalue weighted by molar-refractivity contribution is 0.791. The average Bonchev–Trinajstić information content (AvgIpc) is 2.73. The van der Waals surface area contributed by atoms with Crippen molar-refractivity contribution < 1.29 is 0 Å². The fourth-order valence-electron chi connectivity index (χ4n) is 1.87. The van der Waals surface area contributed by atoms with Crippen molar-refractivity contribution >= 4 is 11.6 Å². The van der Waals surface area contributed by atoms with Crippen molar-refractivity contribution in [1.29, 1.82) is 0 Å².